The highest BCUT2D eigenvalue weighted by atomic mass is 16.5. The van der Waals surface area contributed by atoms with Crippen LogP contribution >= 0.6 is 0 Å². The van der Waals surface area contributed by atoms with Crippen molar-refractivity contribution in [2.24, 2.45) is 0 Å². The van der Waals surface area contributed by atoms with Crippen molar-refractivity contribution in [2.75, 3.05) is 21.3 Å². The van der Waals surface area contributed by atoms with Crippen LogP contribution in [0.5, 0.6) is 17.2 Å². The fourth-order valence-corrected chi connectivity index (χ4v) is 4.65. The number of carbonyl (C=O) groups excluding carboxylic acids is 2. The second-order valence-corrected chi connectivity index (χ2v) is 9.64. The van der Waals surface area contributed by atoms with Crippen LogP contribution in [0.15, 0.2) is 103 Å². The quantitative estimate of drug-likeness (QED) is 0.246. The Kier molecular flexibility index (Phi) is 10.4. The molecule has 0 aliphatic heterocycles. The molecule has 41 heavy (non-hydrogen) atoms. The highest BCUT2D eigenvalue weighted by Crippen LogP contribution is 2.28. The maximum absolute atomic E-state index is 14.1. The first-order valence-electron chi connectivity index (χ1n) is 13.5. The number of methoxy groups -OCH3 is 3. The van der Waals surface area contributed by atoms with Gasteiger partial charge in [-0.1, -0.05) is 78.9 Å². The van der Waals surface area contributed by atoms with Crippen molar-refractivity contribution in [1.82, 2.24) is 10.2 Å². The zero-order chi connectivity index (χ0) is 29.0. The van der Waals surface area contributed by atoms with E-state index in [0.29, 0.717) is 24.5 Å². The third-order valence-electron chi connectivity index (χ3n) is 6.90. The molecule has 0 aliphatic carbocycles. The van der Waals surface area contributed by atoms with Crippen LogP contribution in [0.3, 0.4) is 0 Å². The van der Waals surface area contributed by atoms with E-state index in [2.05, 4.69) is 5.32 Å². The summed E-state index contributed by atoms with van der Waals surface area (Å²) in [5.41, 5.74) is 3.60. The average Bonchev–Trinajstić information content (AvgIpc) is 3.02. The summed E-state index contributed by atoms with van der Waals surface area (Å²) in [6.45, 7) is 0.623. The van der Waals surface area contributed by atoms with E-state index in [1.54, 1.807) is 38.4 Å². The minimum atomic E-state index is -0.740. The number of benzene rings is 4. The van der Waals surface area contributed by atoms with Crippen molar-refractivity contribution >= 4 is 11.8 Å². The van der Waals surface area contributed by atoms with Crippen LogP contribution in [-0.4, -0.2) is 44.1 Å². The summed E-state index contributed by atoms with van der Waals surface area (Å²) in [4.78, 5) is 29.6. The van der Waals surface area contributed by atoms with Crippen LogP contribution < -0.4 is 19.5 Å². The third-order valence-corrected chi connectivity index (χ3v) is 6.90. The van der Waals surface area contributed by atoms with E-state index in [0.717, 1.165) is 28.0 Å². The lowest BCUT2D eigenvalue weighted by Gasteiger charge is -2.32. The fraction of sp³-hybridized carbons (Fsp3) is 0.235. The lowest BCUT2D eigenvalue weighted by molar-refractivity contribution is -0.140. The maximum atomic E-state index is 14.1. The molecule has 0 bridgehead atoms. The van der Waals surface area contributed by atoms with Crippen LogP contribution in [-0.2, 0) is 35.5 Å². The van der Waals surface area contributed by atoms with Crippen molar-refractivity contribution < 1.29 is 23.8 Å². The van der Waals surface area contributed by atoms with Gasteiger partial charge in [-0.2, -0.15) is 0 Å². The Morgan fingerprint density at radius 3 is 1.90 bits per heavy atom. The molecule has 2 amide bonds. The molecule has 1 atom stereocenters. The number of hydrogen-bond donors (Lipinski definition) is 1. The van der Waals surface area contributed by atoms with E-state index in [-0.39, 0.29) is 24.8 Å². The predicted octanol–water partition coefficient (Wildman–Crippen LogP) is 5.21. The first kappa shape index (κ1) is 29.2. The molecule has 212 valence electrons. The first-order chi connectivity index (χ1) is 20.0. The normalized spacial score (nSPS) is 11.3. The zero-order valence-corrected chi connectivity index (χ0v) is 23.7. The van der Waals surface area contributed by atoms with Crippen molar-refractivity contribution in [2.45, 2.75) is 32.0 Å². The molecule has 0 saturated heterocycles. The number of ether oxygens (including phenoxy) is 3. The van der Waals surface area contributed by atoms with Gasteiger partial charge >= 0.3 is 0 Å². The molecule has 4 aromatic rings. The molecule has 0 fully saturated rings. The smallest absolute Gasteiger partial charge is 0.243 e. The highest BCUT2D eigenvalue weighted by Gasteiger charge is 2.30. The SMILES string of the molecule is COc1ccc(CN(C(=O)Cc2ccc(OC)c(OC)c2)[C@H](Cc2ccccc2)C(=O)NCc2ccccc2)cc1. The Morgan fingerprint density at radius 2 is 1.29 bits per heavy atom. The van der Waals surface area contributed by atoms with Gasteiger partial charge in [0, 0.05) is 19.5 Å². The molecule has 4 aromatic carbocycles. The number of nitrogens with zero attached hydrogens (tertiary/aromatic N) is 1. The molecule has 1 N–H and O–H groups in total. The molecule has 0 aliphatic rings. The third kappa shape index (κ3) is 8.11. The van der Waals surface area contributed by atoms with Gasteiger partial charge in [-0.25, -0.2) is 0 Å². The van der Waals surface area contributed by atoms with E-state index in [9.17, 15) is 9.59 Å². The number of hydrogen-bond acceptors (Lipinski definition) is 5. The fourth-order valence-electron chi connectivity index (χ4n) is 4.65. The zero-order valence-electron chi connectivity index (χ0n) is 23.7. The minimum absolute atomic E-state index is 0.0910. The summed E-state index contributed by atoms with van der Waals surface area (Å²) in [5, 5.41) is 3.07. The topological polar surface area (TPSA) is 77.1 Å². The maximum Gasteiger partial charge on any atom is 0.243 e. The number of nitrogens with one attached hydrogen (secondary N) is 1. The van der Waals surface area contributed by atoms with Crippen molar-refractivity contribution in [3.63, 3.8) is 0 Å². The molecule has 0 heterocycles. The summed E-state index contributed by atoms with van der Waals surface area (Å²) in [6.07, 6.45) is 0.461. The van der Waals surface area contributed by atoms with E-state index < -0.39 is 6.04 Å². The van der Waals surface area contributed by atoms with E-state index in [4.69, 9.17) is 14.2 Å². The summed E-state index contributed by atoms with van der Waals surface area (Å²) in [7, 11) is 4.74. The second kappa shape index (κ2) is 14.6. The molecule has 0 spiro atoms. The van der Waals surface area contributed by atoms with Gasteiger partial charge in [0.25, 0.3) is 0 Å². The molecular formula is C34H36N2O5. The standard InChI is InChI=1S/C34H36N2O5/c1-39-29-17-14-27(15-18-29)24-36(33(37)22-28-16-19-31(40-2)32(21-28)41-3)30(20-25-10-6-4-7-11-25)34(38)35-23-26-12-8-5-9-13-26/h4-19,21,30H,20,22-24H2,1-3H3,(H,35,38)/t30-/m1/s1. The molecule has 7 nitrogen and oxygen atoms in total. The molecule has 0 radical (unpaired) electrons. The predicted molar refractivity (Wildman–Crippen MR) is 159 cm³/mol. The van der Waals surface area contributed by atoms with Crippen LogP contribution in [0.4, 0.5) is 0 Å². The van der Waals surface area contributed by atoms with E-state index in [1.807, 2.05) is 91.0 Å². The lowest BCUT2D eigenvalue weighted by atomic mass is 10.0. The van der Waals surface area contributed by atoms with Crippen molar-refractivity contribution in [3.8, 4) is 17.2 Å². The highest BCUT2D eigenvalue weighted by molar-refractivity contribution is 5.89. The van der Waals surface area contributed by atoms with Gasteiger partial charge in [-0.15, -0.1) is 0 Å². The number of rotatable bonds is 13. The molecule has 0 aromatic heterocycles. The van der Waals surface area contributed by atoms with Crippen molar-refractivity contribution in [3.05, 3.63) is 125 Å². The molecule has 4 rings (SSSR count). The minimum Gasteiger partial charge on any atom is -0.497 e. The Balaban J connectivity index is 1.66. The van der Waals surface area contributed by atoms with Gasteiger partial charge in [-0.05, 0) is 46.5 Å². The average molecular weight is 553 g/mol. The van der Waals surface area contributed by atoms with Gasteiger partial charge in [0.15, 0.2) is 11.5 Å². The van der Waals surface area contributed by atoms with Crippen LogP contribution in [0.2, 0.25) is 0 Å². The van der Waals surface area contributed by atoms with Gasteiger partial charge in [-0.3, -0.25) is 9.59 Å². The summed E-state index contributed by atoms with van der Waals surface area (Å²) >= 11 is 0. The Morgan fingerprint density at radius 1 is 0.683 bits per heavy atom. The van der Waals surface area contributed by atoms with Crippen LogP contribution in [0.1, 0.15) is 22.3 Å². The van der Waals surface area contributed by atoms with Crippen molar-refractivity contribution in [1.29, 1.82) is 0 Å². The molecule has 0 saturated carbocycles. The largest absolute Gasteiger partial charge is 0.497 e. The number of carbonyl (C=O) groups is 2. The molecule has 0 unspecified atom stereocenters. The Hall–Kier alpha value is -4.78. The molecular weight excluding hydrogens is 516 g/mol. The monoisotopic (exact) mass is 552 g/mol. The first-order valence-corrected chi connectivity index (χ1v) is 13.5. The number of amides is 2. The van der Waals surface area contributed by atoms with Gasteiger partial charge in [0.05, 0.1) is 27.8 Å². The van der Waals surface area contributed by atoms with Crippen LogP contribution in [0.25, 0.3) is 0 Å². The molecule has 7 heteroatoms. The summed E-state index contributed by atoms with van der Waals surface area (Å²) in [5.74, 6) is 1.45. The second-order valence-electron chi connectivity index (χ2n) is 9.64. The Bertz CT molecular complexity index is 1410. The van der Waals surface area contributed by atoms with E-state index >= 15 is 0 Å². The summed E-state index contributed by atoms with van der Waals surface area (Å²) in [6, 6.07) is 31.7. The Labute approximate surface area is 241 Å². The van der Waals surface area contributed by atoms with Gasteiger partial charge in [0.1, 0.15) is 11.8 Å². The van der Waals surface area contributed by atoms with E-state index in [1.165, 1.54) is 0 Å². The van der Waals surface area contributed by atoms with Gasteiger partial charge in [0.2, 0.25) is 11.8 Å². The van der Waals surface area contributed by atoms with Gasteiger partial charge < -0.3 is 24.4 Å². The lowest BCUT2D eigenvalue weighted by Crippen LogP contribution is -2.50. The summed E-state index contributed by atoms with van der Waals surface area (Å²) < 4.78 is 16.1. The van der Waals surface area contributed by atoms with Crippen LogP contribution in [0, 0.1) is 0 Å².